The van der Waals surface area contributed by atoms with Crippen LogP contribution in [0.5, 0.6) is 0 Å². The maximum Gasteiger partial charge on any atom is 0.0270 e. The van der Waals surface area contributed by atoms with Gasteiger partial charge in [-0.15, -0.1) is 0 Å². The lowest BCUT2D eigenvalue weighted by atomic mass is 9.73. The van der Waals surface area contributed by atoms with Crippen LogP contribution in [0.15, 0.2) is 23.9 Å². The SMILES string of the molecule is CCCCCCCCC1(CCCCCCCC)C=CC(N)=CC1. The minimum atomic E-state index is 0.415. The number of hydrogen-bond donors (Lipinski definition) is 1. The van der Waals surface area contributed by atoms with E-state index in [4.69, 9.17) is 5.73 Å². The number of rotatable bonds is 14. The molecule has 0 heterocycles. The molecule has 23 heavy (non-hydrogen) atoms. The van der Waals surface area contributed by atoms with E-state index in [1.165, 1.54) is 96.3 Å². The average molecular weight is 320 g/mol. The Labute approximate surface area is 145 Å². The summed E-state index contributed by atoms with van der Waals surface area (Å²) in [7, 11) is 0. The van der Waals surface area contributed by atoms with Gasteiger partial charge in [0.15, 0.2) is 0 Å². The van der Waals surface area contributed by atoms with E-state index in [-0.39, 0.29) is 0 Å². The normalized spacial score (nSPS) is 16.5. The molecule has 0 aliphatic heterocycles. The summed E-state index contributed by atoms with van der Waals surface area (Å²) in [6.45, 7) is 4.58. The van der Waals surface area contributed by atoms with Gasteiger partial charge < -0.3 is 5.73 Å². The summed E-state index contributed by atoms with van der Waals surface area (Å²) in [5, 5.41) is 0. The third-order valence-electron chi connectivity index (χ3n) is 5.43. The highest BCUT2D eigenvalue weighted by Gasteiger charge is 2.26. The monoisotopic (exact) mass is 319 g/mol. The lowest BCUT2D eigenvalue weighted by molar-refractivity contribution is 0.295. The molecule has 0 unspecified atom stereocenters. The second-order valence-corrected chi connectivity index (χ2v) is 7.64. The van der Waals surface area contributed by atoms with Crippen LogP contribution in [0.2, 0.25) is 0 Å². The zero-order valence-electron chi connectivity index (χ0n) is 15.9. The van der Waals surface area contributed by atoms with Crippen molar-refractivity contribution in [1.82, 2.24) is 0 Å². The number of allylic oxidation sites excluding steroid dienone is 3. The summed E-state index contributed by atoms with van der Waals surface area (Å²) in [5.74, 6) is 0. The molecule has 1 aliphatic carbocycles. The summed E-state index contributed by atoms with van der Waals surface area (Å²) in [5.41, 5.74) is 7.33. The molecule has 0 fully saturated rings. The third kappa shape index (κ3) is 9.23. The third-order valence-corrected chi connectivity index (χ3v) is 5.43. The summed E-state index contributed by atoms with van der Waals surface area (Å²) in [4.78, 5) is 0. The van der Waals surface area contributed by atoms with E-state index < -0.39 is 0 Å². The predicted molar refractivity (Wildman–Crippen MR) is 104 cm³/mol. The van der Waals surface area contributed by atoms with Crippen molar-refractivity contribution in [3.8, 4) is 0 Å². The van der Waals surface area contributed by atoms with Crippen LogP contribution in [-0.4, -0.2) is 0 Å². The molecule has 1 nitrogen and oxygen atoms in total. The molecule has 2 N–H and O–H groups in total. The molecule has 0 saturated carbocycles. The lowest BCUT2D eigenvalue weighted by Gasteiger charge is -2.32. The molecule has 0 amide bonds. The van der Waals surface area contributed by atoms with Crippen LogP contribution in [0.25, 0.3) is 0 Å². The molecule has 0 saturated heterocycles. The molecule has 0 aromatic heterocycles. The summed E-state index contributed by atoms with van der Waals surface area (Å²) in [6.07, 6.45) is 27.5. The van der Waals surface area contributed by atoms with E-state index in [1.54, 1.807) is 0 Å². The molecule has 1 rings (SSSR count). The Hall–Kier alpha value is -0.720. The topological polar surface area (TPSA) is 26.0 Å². The summed E-state index contributed by atoms with van der Waals surface area (Å²) >= 11 is 0. The van der Waals surface area contributed by atoms with Crippen LogP contribution in [0.3, 0.4) is 0 Å². The van der Waals surface area contributed by atoms with Crippen LogP contribution < -0.4 is 5.73 Å². The Morgan fingerprint density at radius 2 is 1.26 bits per heavy atom. The second-order valence-electron chi connectivity index (χ2n) is 7.64. The first kappa shape index (κ1) is 20.3. The first-order valence-corrected chi connectivity index (χ1v) is 10.4. The molecule has 1 aliphatic rings. The summed E-state index contributed by atoms with van der Waals surface area (Å²) < 4.78 is 0. The lowest BCUT2D eigenvalue weighted by Crippen LogP contribution is -2.21. The highest BCUT2D eigenvalue weighted by atomic mass is 14.6. The van der Waals surface area contributed by atoms with Gasteiger partial charge >= 0.3 is 0 Å². The Bertz CT molecular complexity index is 324. The maximum atomic E-state index is 5.95. The van der Waals surface area contributed by atoms with Gasteiger partial charge in [-0.2, -0.15) is 0 Å². The van der Waals surface area contributed by atoms with Crippen molar-refractivity contribution in [3.63, 3.8) is 0 Å². The zero-order valence-corrected chi connectivity index (χ0v) is 15.9. The quantitative estimate of drug-likeness (QED) is 0.334. The van der Waals surface area contributed by atoms with E-state index in [2.05, 4.69) is 32.1 Å². The van der Waals surface area contributed by atoms with E-state index in [1.807, 2.05) is 0 Å². The van der Waals surface area contributed by atoms with Crippen molar-refractivity contribution in [2.24, 2.45) is 11.1 Å². The molecular weight excluding hydrogens is 278 g/mol. The Morgan fingerprint density at radius 1 is 0.783 bits per heavy atom. The van der Waals surface area contributed by atoms with Gasteiger partial charge in [0.25, 0.3) is 0 Å². The van der Waals surface area contributed by atoms with Gasteiger partial charge in [0.1, 0.15) is 0 Å². The molecule has 0 radical (unpaired) electrons. The van der Waals surface area contributed by atoms with Gasteiger partial charge in [-0.1, -0.05) is 103 Å². The van der Waals surface area contributed by atoms with Crippen molar-refractivity contribution in [1.29, 1.82) is 0 Å². The van der Waals surface area contributed by atoms with Crippen molar-refractivity contribution < 1.29 is 0 Å². The average Bonchev–Trinajstić information content (AvgIpc) is 2.57. The Morgan fingerprint density at radius 3 is 1.70 bits per heavy atom. The fourth-order valence-electron chi connectivity index (χ4n) is 3.74. The van der Waals surface area contributed by atoms with E-state index in [9.17, 15) is 0 Å². The van der Waals surface area contributed by atoms with Crippen LogP contribution in [0.1, 0.15) is 110 Å². The Balaban J connectivity index is 2.29. The van der Waals surface area contributed by atoms with Gasteiger partial charge in [-0.25, -0.2) is 0 Å². The van der Waals surface area contributed by atoms with Crippen LogP contribution in [-0.2, 0) is 0 Å². The smallest absolute Gasteiger partial charge is 0.0270 e. The highest BCUT2D eigenvalue weighted by Crippen LogP contribution is 2.39. The minimum absolute atomic E-state index is 0.415. The molecule has 134 valence electrons. The van der Waals surface area contributed by atoms with Crippen LogP contribution in [0.4, 0.5) is 0 Å². The fraction of sp³-hybridized carbons (Fsp3) is 0.818. The standard InChI is InChI=1S/C22H41N/c1-3-5-7-9-11-13-17-22(19-15-21(23)16-20-22)18-14-12-10-8-6-4-2/h15-16,19H,3-14,17-18,20,23H2,1-2H3. The van der Waals surface area contributed by atoms with E-state index in [0.29, 0.717) is 5.41 Å². The number of unbranched alkanes of at least 4 members (excludes halogenated alkanes) is 10. The molecular formula is C22H41N. The maximum absolute atomic E-state index is 5.95. The fourth-order valence-corrected chi connectivity index (χ4v) is 3.74. The van der Waals surface area contributed by atoms with Crippen LogP contribution >= 0.6 is 0 Å². The van der Waals surface area contributed by atoms with Crippen LogP contribution in [0, 0.1) is 5.41 Å². The minimum Gasteiger partial charge on any atom is -0.399 e. The van der Waals surface area contributed by atoms with E-state index in [0.717, 1.165) is 5.70 Å². The molecule has 0 atom stereocenters. The zero-order chi connectivity index (χ0) is 16.8. The molecule has 0 aromatic rings. The first-order chi connectivity index (χ1) is 11.2. The first-order valence-electron chi connectivity index (χ1n) is 10.4. The van der Waals surface area contributed by atoms with Gasteiger partial charge in [0.05, 0.1) is 0 Å². The molecule has 0 spiro atoms. The largest absolute Gasteiger partial charge is 0.399 e. The van der Waals surface area contributed by atoms with Gasteiger partial charge in [0, 0.05) is 5.70 Å². The van der Waals surface area contributed by atoms with Gasteiger partial charge in [0.2, 0.25) is 0 Å². The van der Waals surface area contributed by atoms with Gasteiger partial charge in [-0.3, -0.25) is 0 Å². The predicted octanol–water partition coefficient (Wildman–Crippen LogP) is 7.28. The van der Waals surface area contributed by atoms with Crippen molar-refractivity contribution in [3.05, 3.63) is 23.9 Å². The number of hydrogen-bond acceptors (Lipinski definition) is 1. The van der Waals surface area contributed by atoms with Crippen molar-refractivity contribution in [2.75, 3.05) is 0 Å². The molecule has 0 bridgehead atoms. The van der Waals surface area contributed by atoms with E-state index >= 15 is 0 Å². The van der Waals surface area contributed by atoms with Crippen molar-refractivity contribution >= 4 is 0 Å². The van der Waals surface area contributed by atoms with Crippen molar-refractivity contribution in [2.45, 2.75) is 110 Å². The van der Waals surface area contributed by atoms with Gasteiger partial charge in [-0.05, 0) is 30.8 Å². The second kappa shape index (κ2) is 12.7. The highest BCUT2D eigenvalue weighted by molar-refractivity contribution is 5.24. The Kier molecular flexibility index (Phi) is 11.2. The molecule has 1 heteroatoms. The summed E-state index contributed by atoms with van der Waals surface area (Å²) in [6, 6.07) is 0. The molecule has 0 aromatic carbocycles. The number of nitrogens with two attached hydrogens (primary N) is 1.